The van der Waals surface area contributed by atoms with E-state index in [9.17, 15) is 9.70 Å². The number of carbonyl (C=O) groups is 1. The van der Waals surface area contributed by atoms with Gasteiger partial charge in [0.25, 0.3) is 0 Å². The van der Waals surface area contributed by atoms with Crippen molar-refractivity contribution in [3.63, 3.8) is 0 Å². The van der Waals surface area contributed by atoms with Crippen molar-refractivity contribution in [1.82, 2.24) is 5.32 Å². The Kier molecular flexibility index (Phi) is 3.82. The summed E-state index contributed by atoms with van der Waals surface area (Å²) in [4.78, 5) is 26.0. The predicted octanol–water partition coefficient (Wildman–Crippen LogP) is 3.97. The van der Waals surface area contributed by atoms with Gasteiger partial charge >= 0.3 is 0 Å². The van der Waals surface area contributed by atoms with E-state index in [4.69, 9.17) is 0 Å². The molecule has 5 aliphatic rings. The number of hydrogen-bond acceptors (Lipinski definition) is 3. The summed E-state index contributed by atoms with van der Waals surface area (Å²) in [5.74, 6) is 1.02. The zero-order valence-electron chi connectivity index (χ0n) is 15.9. The summed E-state index contributed by atoms with van der Waals surface area (Å²) in [7, 11) is 0. The number of carbonyl (C=O) groups excluding carboxylic acids is 1. The van der Waals surface area contributed by atoms with Crippen LogP contribution >= 0.6 is 0 Å². The van der Waals surface area contributed by atoms with Crippen molar-refractivity contribution in [2.75, 3.05) is 6.54 Å². The second kappa shape index (κ2) is 5.98. The lowest BCUT2D eigenvalue weighted by Gasteiger charge is -2.38. The van der Waals surface area contributed by atoms with Gasteiger partial charge in [0.15, 0.2) is 5.78 Å². The minimum atomic E-state index is 0.0260. The fraction of sp³-hybridized carbons (Fsp3) is 0.682. The highest BCUT2D eigenvalue weighted by Gasteiger charge is 2.53. The van der Waals surface area contributed by atoms with Gasteiger partial charge in [0.2, 0.25) is 11.7 Å². The molecule has 5 rings (SSSR count). The van der Waals surface area contributed by atoms with Crippen LogP contribution in [0.15, 0.2) is 33.6 Å². The Morgan fingerprint density at radius 3 is 2.73 bits per heavy atom. The number of hydrogen-bond donors (Lipinski definition) is 1. The molecule has 0 saturated heterocycles. The SMILES string of the molecule is CCC1=C(C(C)=O)C2=C3CCCC4NCC(=C34)CC2C(CC2CC2)[N+]1=O. The number of nitrogens with zero attached hydrogens (tertiary/aromatic N) is 1. The van der Waals surface area contributed by atoms with Crippen LogP contribution in [-0.4, -0.2) is 29.2 Å². The highest BCUT2D eigenvalue weighted by Crippen LogP contribution is 2.52. The number of ketones is 1. The van der Waals surface area contributed by atoms with Crippen LogP contribution in [0, 0.1) is 16.7 Å². The number of allylic oxidation sites excluding steroid dienone is 2. The average molecular weight is 353 g/mol. The Hall–Kier alpha value is -1.55. The van der Waals surface area contributed by atoms with E-state index in [1.807, 2.05) is 6.92 Å². The molecule has 2 fully saturated rings. The monoisotopic (exact) mass is 353 g/mol. The smallest absolute Gasteiger partial charge is 0.243 e. The Balaban J connectivity index is 1.72. The van der Waals surface area contributed by atoms with Crippen molar-refractivity contribution in [2.45, 2.75) is 77.3 Å². The van der Waals surface area contributed by atoms with Gasteiger partial charge in [0, 0.05) is 35.1 Å². The van der Waals surface area contributed by atoms with Crippen LogP contribution in [-0.2, 0) is 4.79 Å². The Labute approximate surface area is 155 Å². The largest absolute Gasteiger partial charge is 0.306 e. The first-order valence-electron chi connectivity index (χ1n) is 10.5. The van der Waals surface area contributed by atoms with Crippen molar-refractivity contribution in [2.24, 2.45) is 11.8 Å². The summed E-state index contributed by atoms with van der Waals surface area (Å²) in [5.41, 5.74) is 7.27. The molecule has 138 valence electrons. The van der Waals surface area contributed by atoms with Gasteiger partial charge in [-0.1, -0.05) is 12.5 Å². The summed E-state index contributed by atoms with van der Waals surface area (Å²) >= 11 is 0. The number of nitroso groups, excluding NO2 is 1. The maximum Gasteiger partial charge on any atom is 0.243 e. The minimum Gasteiger partial charge on any atom is -0.306 e. The van der Waals surface area contributed by atoms with E-state index >= 15 is 0 Å². The molecule has 2 aliphatic heterocycles. The van der Waals surface area contributed by atoms with Crippen LogP contribution in [0.2, 0.25) is 0 Å². The summed E-state index contributed by atoms with van der Waals surface area (Å²) in [6, 6.07) is 0.505. The molecule has 2 saturated carbocycles. The first kappa shape index (κ1) is 16.6. The molecule has 0 radical (unpaired) electrons. The summed E-state index contributed by atoms with van der Waals surface area (Å²) < 4.78 is 1.26. The molecular formula is C22H29N2O2+. The van der Waals surface area contributed by atoms with E-state index in [1.165, 1.54) is 52.7 Å². The highest BCUT2D eigenvalue weighted by molar-refractivity contribution is 5.99. The second-order valence-corrected chi connectivity index (χ2v) is 8.85. The van der Waals surface area contributed by atoms with Gasteiger partial charge in [-0.2, -0.15) is 0 Å². The third-order valence-electron chi connectivity index (χ3n) is 7.25. The minimum absolute atomic E-state index is 0.0260. The van der Waals surface area contributed by atoms with E-state index in [1.54, 1.807) is 6.92 Å². The lowest BCUT2D eigenvalue weighted by atomic mass is 9.66. The summed E-state index contributed by atoms with van der Waals surface area (Å²) in [6.45, 7) is 4.65. The summed E-state index contributed by atoms with van der Waals surface area (Å²) in [6.07, 6.45) is 8.62. The van der Waals surface area contributed by atoms with Crippen LogP contribution in [0.3, 0.4) is 0 Å². The van der Waals surface area contributed by atoms with Crippen molar-refractivity contribution in [1.29, 1.82) is 0 Å². The van der Waals surface area contributed by atoms with E-state index in [0.717, 1.165) is 43.0 Å². The third-order valence-corrected chi connectivity index (χ3v) is 7.25. The first-order valence-corrected chi connectivity index (χ1v) is 10.5. The molecule has 4 heteroatoms. The van der Waals surface area contributed by atoms with Gasteiger partial charge in [0.05, 0.1) is 11.5 Å². The van der Waals surface area contributed by atoms with Gasteiger partial charge in [0.1, 0.15) is 0 Å². The van der Waals surface area contributed by atoms with E-state index in [-0.39, 0.29) is 17.7 Å². The molecular weight excluding hydrogens is 324 g/mol. The molecule has 0 bridgehead atoms. The highest BCUT2D eigenvalue weighted by atomic mass is 16.3. The van der Waals surface area contributed by atoms with Gasteiger partial charge < -0.3 is 5.32 Å². The van der Waals surface area contributed by atoms with Crippen LogP contribution in [0.4, 0.5) is 0 Å². The van der Waals surface area contributed by atoms with Crippen molar-refractivity contribution >= 4 is 5.78 Å². The second-order valence-electron chi connectivity index (χ2n) is 8.85. The van der Waals surface area contributed by atoms with Gasteiger partial charge in [-0.25, -0.2) is 0 Å². The molecule has 0 aromatic heterocycles. The summed E-state index contributed by atoms with van der Waals surface area (Å²) in [5, 5.41) is 3.69. The van der Waals surface area contributed by atoms with Gasteiger partial charge in [-0.15, -0.1) is 0 Å². The molecule has 3 unspecified atom stereocenters. The number of fused-ring (bicyclic) bond motifs is 1. The molecule has 0 aromatic rings. The topological polar surface area (TPSA) is 49.2 Å². The molecule has 3 atom stereocenters. The molecule has 0 amide bonds. The average Bonchev–Trinajstić information content (AvgIpc) is 3.36. The zero-order chi connectivity index (χ0) is 18.0. The number of rotatable bonds is 4. The van der Waals surface area contributed by atoms with Gasteiger partial charge in [-0.05, 0) is 68.1 Å². The molecule has 1 N–H and O–H groups in total. The van der Waals surface area contributed by atoms with Crippen LogP contribution in [0.5, 0.6) is 0 Å². The van der Waals surface area contributed by atoms with Crippen molar-refractivity contribution < 1.29 is 9.55 Å². The fourth-order valence-corrected chi connectivity index (χ4v) is 6.01. The van der Waals surface area contributed by atoms with E-state index in [2.05, 4.69) is 5.32 Å². The lowest BCUT2D eigenvalue weighted by molar-refractivity contribution is -0.554. The van der Waals surface area contributed by atoms with Crippen molar-refractivity contribution in [3.05, 3.63) is 38.5 Å². The molecule has 4 nitrogen and oxygen atoms in total. The Morgan fingerprint density at radius 2 is 2.04 bits per heavy atom. The maximum atomic E-state index is 13.3. The number of nitrogens with one attached hydrogen (secondary N) is 1. The molecule has 0 spiro atoms. The standard InChI is InChI=1S/C22H29N2O2/c1-3-18-20(12(2)25)22-15-5-4-6-17-21(15)14(11-23-17)10-16(22)19(24(18)26)9-13-7-8-13/h13,16-17,19,23H,3-11H2,1-2H3/q+1. The first-order chi connectivity index (χ1) is 12.6. The van der Waals surface area contributed by atoms with Crippen LogP contribution in [0.25, 0.3) is 0 Å². The Bertz CT molecular complexity index is 797. The van der Waals surface area contributed by atoms with Crippen molar-refractivity contribution in [3.8, 4) is 0 Å². The molecule has 0 aromatic carbocycles. The quantitative estimate of drug-likeness (QED) is 0.778. The lowest BCUT2D eigenvalue weighted by Crippen LogP contribution is -2.42. The third kappa shape index (κ3) is 2.34. The van der Waals surface area contributed by atoms with Crippen LogP contribution in [0.1, 0.15) is 65.2 Å². The fourth-order valence-electron chi connectivity index (χ4n) is 6.01. The Morgan fingerprint density at radius 1 is 1.23 bits per heavy atom. The predicted molar refractivity (Wildman–Crippen MR) is 101 cm³/mol. The van der Waals surface area contributed by atoms with Gasteiger partial charge in [-0.3, -0.25) is 4.79 Å². The molecule has 26 heavy (non-hydrogen) atoms. The molecule has 2 heterocycles. The van der Waals surface area contributed by atoms with Crippen LogP contribution < -0.4 is 5.32 Å². The molecule has 3 aliphatic carbocycles. The number of Topliss-reactive ketones (excluding diaryl/α,β-unsaturated/α-hetero) is 1. The van der Waals surface area contributed by atoms with E-state index in [0.29, 0.717) is 12.5 Å². The zero-order valence-corrected chi connectivity index (χ0v) is 15.9. The normalized spacial score (nSPS) is 33.6. The maximum absolute atomic E-state index is 13.3. The van der Waals surface area contributed by atoms with E-state index < -0.39 is 0 Å².